The van der Waals surface area contributed by atoms with Gasteiger partial charge in [0.2, 0.25) is 21.8 Å². The molecule has 1 fully saturated rings. The maximum absolute atomic E-state index is 13.2. The quantitative estimate of drug-likeness (QED) is 0.715. The van der Waals surface area contributed by atoms with Crippen LogP contribution in [0, 0.1) is 11.6 Å². The van der Waals surface area contributed by atoms with Crippen molar-refractivity contribution in [3.8, 4) is 0 Å². The third kappa shape index (κ3) is 5.15. The lowest BCUT2D eigenvalue weighted by molar-refractivity contribution is -0.117. The van der Waals surface area contributed by atoms with Crippen LogP contribution in [0.1, 0.15) is 19.3 Å². The minimum Gasteiger partial charge on any atom is -0.326 e. The molecular weight excluding hydrogens is 404 g/mol. The summed E-state index contributed by atoms with van der Waals surface area (Å²) in [6.07, 6.45) is 1.11. The minimum atomic E-state index is -4.07. The lowest BCUT2D eigenvalue weighted by Crippen LogP contribution is -2.28. The summed E-state index contributed by atoms with van der Waals surface area (Å²) in [4.78, 5) is 25.1. The molecule has 0 saturated carbocycles. The fourth-order valence-corrected chi connectivity index (χ4v) is 3.97. The van der Waals surface area contributed by atoms with Gasteiger partial charge >= 0.3 is 0 Å². The Hall–Kier alpha value is -2.85. The maximum Gasteiger partial charge on any atom is 0.240 e. The van der Waals surface area contributed by atoms with Crippen molar-refractivity contribution in [1.82, 2.24) is 4.72 Å². The van der Waals surface area contributed by atoms with Gasteiger partial charge in [-0.05, 0) is 42.8 Å². The summed E-state index contributed by atoms with van der Waals surface area (Å²) in [5.74, 6) is -2.84. The standard InChI is InChI=1S/C19H19F2N3O4S/c20-16-7-6-15(12-17(16)21)29(27,28)22-9-8-18(25)23-13-3-1-4-14(11-13)24-10-2-5-19(24)26/h1,3-4,6-7,11-12,22H,2,5,8-10H2,(H,23,25). The monoisotopic (exact) mass is 423 g/mol. The van der Waals surface area contributed by atoms with Gasteiger partial charge in [0.1, 0.15) is 0 Å². The molecule has 2 aromatic carbocycles. The van der Waals surface area contributed by atoms with Crippen LogP contribution >= 0.6 is 0 Å². The molecule has 0 atom stereocenters. The van der Waals surface area contributed by atoms with Crippen LogP contribution in [0.25, 0.3) is 0 Å². The van der Waals surface area contributed by atoms with E-state index < -0.39 is 32.5 Å². The molecule has 1 heterocycles. The van der Waals surface area contributed by atoms with Gasteiger partial charge in [0, 0.05) is 37.3 Å². The van der Waals surface area contributed by atoms with Gasteiger partial charge in [0.15, 0.2) is 11.6 Å². The first-order valence-electron chi connectivity index (χ1n) is 8.91. The summed E-state index contributed by atoms with van der Waals surface area (Å²) >= 11 is 0. The van der Waals surface area contributed by atoms with E-state index in [9.17, 15) is 26.8 Å². The molecule has 0 bridgehead atoms. The van der Waals surface area contributed by atoms with E-state index in [0.29, 0.717) is 36.5 Å². The lowest BCUT2D eigenvalue weighted by Gasteiger charge is -2.16. The molecule has 154 valence electrons. The normalized spacial score (nSPS) is 14.3. The number of amides is 2. The van der Waals surface area contributed by atoms with E-state index in [2.05, 4.69) is 10.0 Å². The number of carbonyl (C=O) groups is 2. The fraction of sp³-hybridized carbons (Fsp3) is 0.263. The van der Waals surface area contributed by atoms with Crippen molar-refractivity contribution in [1.29, 1.82) is 0 Å². The molecule has 0 radical (unpaired) electrons. The van der Waals surface area contributed by atoms with E-state index in [-0.39, 0.29) is 18.9 Å². The van der Waals surface area contributed by atoms with E-state index >= 15 is 0 Å². The van der Waals surface area contributed by atoms with Gasteiger partial charge in [0.05, 0.1) is 4.90 Å². The number of rotatable bonds is 7. The number of nitrogens with zero attached hydrogens (tertiary/aromatic N) is 1. The fourth-order valence-electron chi connectivity index (χ4n) is 2.92. The molecule has 3 rings (SSSR count). The average Bonchev–Trinajstić information content (AvgIpc) is 3.10. The molecule has 10 heteroatoms. The smallest absolute Gasteiger partial charge is 0.240 e. The average molecular weight is 423 g/mol. The molecule has 0 unspecified atom stereocenters. The first kappa shape index (κ1) is 20.9. The van der Waals surface area contributed by atoms with E-state index in [4.69, 9.17) is 0 Å². The molecule has 1 saturated heterocycles. The van der Waals surface area contributed by atoms with Crippen LogP contribution in [0.4, 0.5) is 20.2 Å². The van der Waals surface area contributed by atoms with Crippen molar-refractivity contribution in [2.24, 2.45) is 0 Å². The molecule has 2 N–H and O–H groups in total. The first-order valence-corrected chi connectivity index (χ1v) is 10.4. The molecule has 7 nitrogen and oxygen atoms in total. The lowest BCUT2D eigenvalue weighted by atomic mass is 10.2. The summed E-state index contributed by atoms with van der Waals surface area (Å²) in [6, 6.07) is 9.04. The number of anilines is 2. The number of sulfonamides is 1. The predicted molar refractivity (Wildman–Crippen MR) is 103 cm³/mol. The number of hydrogen-bond donors (Lipinski definition) is 2. The Morgan fingerprint density at radius 1 is 1.10 bits per heavy atom. The van der Waals surface area contributed by atoms with Crippen LogP contribution in [0.3, 0.4) is 0 Å². The van der Waals surface area contributed by atoms with Crippen LogP contribution in [-0.4, -0.2) is 33.3 Å². The van der Waals surface area contributed by atoms with E-state index in [1.807, 2.05) is 0 Å². The Labute approximate surface area is 166 Å². The van der Waals surface area contributed by atoms with Crippen LogP contribution < -0.4 is 14.9 Å². The second kappa shape index (κ2) is 8.66. The zero-order valence-corrected chi connectivity index (χ0v) is 16.1. The van der Waals surface area contributed by atoms with Gasteiger partial charge in [-0.3, -0.25) is 9.59 Å². The van der Waals surface area contributed by atoms with Crippen molar-refractivity contribution < 1.29 is 26.8 Å². The molecule has 1 aliphatic heterocycles. The van der Waals surface area contributed by atoms with Crippen LogP contribution in [0.15, 0.2) is 47.4 Å². The minimum absolute atomic E-state index is 0.0279. The molecule has 0 spiro atoms. The molecule has 0 aliphatic carbocycles. The number of carbonyl (C=O) groups excluding carboxylic acids is 2. The number of benzene rings is 2. The highest BCUT2D eigenvalue weighted by atomic mass is 32.2. The van der Waals surface area contributed by atoms with Gasteiger partial charge in [0.25, 0.3) is 0 Å². The predicted octanol–water partition coefficient (Wildman–Crippen LogP) is 2.40. The third-order valence-electron chi connectivity index (χ3n) is 4.36. The Morgan fingerprint density at radius 2 is 1.90 bits per heavy atom. The molecular formula is C19H19F2N3O4S. The second-order valence-corrected chi connectivity index (χ2v) is 8.24. The summed E-state index contributed by atoms with van der Waals surface area (Å²) < 4.78 is 52.5. The highest BCUT2D eigenvalue weighted by Crippen LogP contribution is 2.24. The highest BCUT2D eigenvalue weighted by Gasteiger charge is 2.22. The molecule has 1 aliphatic rings. The molecule has 29 heavy (non-hydrogen) atoms. The first-order chi connectivity index (χ1) is 13.8. The zero-order chi connectivity index (χ0) is 21.0. The third-order valence-corrected chi connectivity index (χ3v) is 5.82. The summed E-state index contributed by atoms with van der Waals surface area (Å²) in [5, 5.41) is 2.64. The summed E-state index contributed by atoms with van der Waals surface area (Å²) in [5.41, 5.74) is 1.17. The Bertz CT molecular complexity index is 1040. The van der Waals surface area contributed by atoms with E-state index in [0.717, 1.165) is 12.5 Å². The summed E-state index contributed by atoms with van der Waals surface area (Å²) in [7, 11) is -4.07. The molecule has 2 aromatic rings. The largest absolute Gasteiger partial charge is 0.326 e. The number of halogens is 2. The topological polar surface area (TPSA) is 95.6 Å². The highest BCUT2D eigenvalue weighted by molar-refractivity contribution is 7.89. The Morgan fingerprint density at radius 3 is 2.59 bits per heavy atom. The van der Waals surface area contributed by atoms with Crippen LogP contribution in [0.5, 0.6) is 0 Å². The summed E-state index contributed by atoms with van der Waals surface area (Å²) in [6.45, 7) is 0.402. The van der Waals surface area contributed by atoms with Crippen LogP contribution in [-0.2, 0) is 19.6 Å². The van der Waals surface area contributed by atoms with Gasteiger partial charge in [-0.2, -0.15) is 0 Å². The number of hydrogen-bond acceptors (Lipinski definition) is 4. The Balaban J connectivity index is 1.55. The molecule has 0 aromatic heterocycles. The second-order valence-electron chi connectivity index (χ2n) is 6.47. The van der Waals surface area contributed by atoms with E-state index in [1.54, 1.807) is 29.2 Å². The van der Waals surface area contributed by atoms with Crippen molar-refractivity contribution in [2.75, 3.05) is 23.3 Å². The maximum atomic E-state index is 13.2. The van der Waals surface area contributed by atoms with Gasteiger partial charge in [-0.1, -0.05) is 6.07 Å². The van der Waals surface area contributed by atoms with Gasteiger partial charge in [-0.25, -0.2) is 21.9 Å². The zero-order valence-electron chi connectivity index (χ0n) is 15.3. The van der Waals surface area contributed by atoms with E-state index in [1.165, 1.54) is 0 Å². The van der Waals surface area contributed by atoms with Crippen molar-refractivity contribution >= 4 is 33.2 Å². The van der Waals surface area contributed by atoms with Crippen molar-refractivity contribution in [3.05, 3.63) is 54.1 Å². The van der Waals surface area contributed by atoms with Gasteiger partial charge in [-0.15, -0.1) is 0 Å². The van der Waals surface area contributed by atoms with Gasteiger partial charge < -0.3 is 10.2 Å². The van der Waals surface area contributed by atoms with Crippen molar-refractivity contribution in [2.45, 2.75) is 24.2 Å². The SMILES string of the molecule is O=C(CCNS(=O)(=O)c1ccc(F)c(F)c1)Nc1cccc(N2CCCC2=O)c1. The Kier molecular flexibility index (Phi) is 6.23. The number of nitrogens with one attached hydrogen (secondary N) is 2. The van der Waals surface area contributed by atoms with Crippen LogP contribution in [0.2, 0.25) is 0 Å². The van der Waals surface area contributed by atoms with Crippen molar-refractivity contribution in [3.63, 3.8) is 0 Å². The molecule has 2 amide bonds.